The first-order valence-corrected chi connectivity index (χ1v) is 5.09. The minimum atomic E-state index is -5.91. The average molecular weight is 466 g/mol. The van der Waals surface area contributed by atoms with Gasteiger partial charge < -0.3 is 94.4 Å². The van der Waals surface area contributed by atoms with E-state index in [0.717, 1.165) is 0 Å². The first-order chi connectivity index (χ1) is 3.25. The van der Waals surface area contributed by atoms with Crippen molar-refractivity contribution in [2.75, 3.05) is 0 Å². The monoisotopic (exact) mass is 466 g/mol. The van der Waals surface area contributed by atoms with Crippen LogP contribution in [-0.4, -0.2) is 65.7 Å². The maximum absolute atomic E-state index is 9.24. The van der Waals surface area contributed by atoms with E-state index in [9.17, 15) is 28.7 Å². The van der Waals surface area contributed by atoms with Crippen LogP contribution in [0.2, 0.25) is 0 Å². The molecule has 146 valence electrons. The van der Waals surface area contributed by atoms with E-state index in [4.69, 9.17) is 0 Å². The van der Waals surface area contributed by atoms with E-state index in [1.54, 1.807) is 0 Å². The van der Waals surface area contributed by atoms with Crippen molar-refractivity contribution in [3.05, 3.63) is 0 Å². The van der Waals surface area contributed by atoms with E-state index in [1.807, 2.05) is 0 Å². The van der Waals surface area contributed by atoms with Crippen molar-refractivity contribution in [2.45, 2.75) is 0 Å². The van der Waals surface area contributed by atoms with Gasteiger partial charge in [-0.2, -0.15) is 0 Å². The number of rotatable bonds is 1. The van der Waals surface area contributed by atoms with Crippen molar-refractivity contribution in [1.82, 2.24) is 0 Å². The molecule has 0 radical (unpaired) electrons. The summed E-state index contributed by atoms with van der Waals surface area (Å²) in [6, 6.07) is 0. The molecule has 0 aromatic carbocycles. The summed E-state index contributed by atoms with van der Waals surface area (Å²) in [4.78, 5) is 36.9. The largest absolute Gasteiger partial charge is 1.00 e. The summed E-state index contributed by atoms with van der Waals surface area (Å²) in [6.07, 6.45) is 0. The first-order valence-electron chi connectivity index (χ1n) is 1.30. The molecule has 0 aromatic heterocycles. The summed E-state index contributed by atoms with van der Waals surface area (Å²) < 4.78 is 18.5. The van der Waals surface area contributed by atoms with E-state index >= 15 is 0 Å². The summed E-state index contributed by atoms with van der Waals surface area (Å²) in [5.41, 5.74) is 0. The van der Waals surface area contributed by atoms with Gasteiger partial charge >= 0.3 is 118 Å². The van der Waals surface area contributed by atoms with E-state index in [1.165, 1.54) is 0 Å². The summed E-state index contributed by atoms with van der Waals surface area (Å²) in [5.74, 6) is 0. The molecule has 0 saturated heterocycles. The second-order valence-electron chi connectivity index (χ2n) is 0.937. The zero-order chi connectivity index (χ0) is 7.00. The minimum absolute atomic E-state index is 0. The number of hydrogen-bond donors (Lipinski definition) is 0. The van der Waals surface area contributed by atoms with Gasteiger partial charge in [-0.25, -0.2) is 0 Å². The predicted molar refractivity (Wildman–Crippen MR) is 58.6 cm³/mol. The smallest absolute Gasteiger partial charge is 0.807 e. The Morgan fingerprint density at radius 1 is 0.333 bits per heavy atom. The van der Waals surface area contributed by atoms with E-state index in [-0.39, 0.29) is 184 Å². The van der Waals surface area contributed by atoms with Gasteiger partial charge in [-0.1, -0.05) is 0 Å². The van der Waals surface area contributed by atoms with Crippen molar-refractivity contribution in [3.8, 4) is 0 Å². The molecule has 0 spiro atoms. The maximum Gasteiger partial charge on any atom is 1.00 e. The maximum atomic E-state index is 9.24. The van der Waals surface area contributed by atoms with Crippen LogP contribution in [0.4, 0.5) is 0 Å². The van der Waals surface area contributed by atoms with Crippen molar-refractivity contribution < 1.29 is 213 Å². The van der Waals surface area contributed by atoms with Gasteiger partial charge in [0.15, 0.2) is 0 Å². The van der Waals surface area contributed by atoms with Crippen LogP contribution < -0.4 is 138 Å². The van der Waals surface area contributed by atoms with Gasteiger partial charge in [0, 0.05) is 0 Å². The third-order valence-corrected chi connectivity index (χ3v) is 2.70. The Bertz CT molecular complexity index is 154. The SMILES string of the molecule is O.O.O.O.O.O.O.O.O.O.O.O.O=P([O-])([O-])P(=O)([O-])[O-].[Na+].[Na+].[Na+].[Na+]. The third kappa shape index (κ3) is 96.8. The van der Waals surface area contributed by atoms with E-state index < -0.39 is 14.6 Å². The van der Waals surface area contributed by atoms with Crippen LogP contribution in [0.25, 0.3) is 0 Å². The fourth-order valence-corrected chi connectivity index (χ4v) is 0. The Labute approximate surface area is 224 Å². The molecule has 0 heterocycles. The quantitative estimate of drug-likeness (QED) is 0.266. The molecule has 0 aliphatic heterocycles. The summed E-state index contributed by atoms with van der Waals surface area (Å²) >= 11 is 0. The Balaban J connectivity index is -0.00000000204. The average Bonchev–Trinajstić information content (AvgIpc) is 1.25. The zero-order valence-corrected chi connectivity index (χ0v) is 23.1. The third-order valence-electron chi connectivity index (χ3n) is 0.300. The van der Waals surface area contributed by atoms with Crippen molar-refractivity contribution in [2.24, 2.45) is 0 Å². The standard InChI is InChI=1S/4Na.H4O6P2.12H2O/c;;;;1-7(2,3)8(4,5)6;;;;;;;;;;;;/h;;;;(H2,1,2,3)(H2,4,5,6);12*1H2/q4*+1;;;;;;;;;;;;;/p-4. The minimum Gasteiger partial charge on any atom is -0.807 e. The van der Waals surface area contributed by atoms with Gasteiger partial charge in [0.25, 0.3) is 0 Å². The van der Waals surface area contributed by atoms with Crippen LogP contribution in [0.3, 0.4) is 0 Å². The van der Waals surface area contributed by atoms with Crippen LogP contribution in [0.15, 0.2) is 0 Å². The molecule has 18 nitrogen and oxygen atoms in total. The van der Waals surface area contributed by atoms with Crippen LogP contribution in [0.1, 0.15) is 0 Å². The molecule has 0 fully saturated rings. The van der Waals surface area contributed by atoms with Crippen LogP contribution in [-0.2, 0) is 9.13 Å². The second kappa shape index (κ2) is 71.4. The summed E-state index contributed by atoms with van der Waals surface area (Å²) in [7, 11) is -11.8. The molecule has 0 atom stereocenters. The summed E-state index contributed by atoms with van der Waals surface area (Å²) in [6.45, 7) is 0. The molecule has 0 amide bonds. The van der Waals surface area contributed by atoms with Crippen molar-refractivity contribution in [3.63, 3.8) is 0 Å². The molecule has 0 rings (SSSR count). The fourth-order valence-electron chi connectivity index (χ4n) is 0. The molecular formula is H24Na4O18P2. The molecule has 0 aromatic rings. The number of hydrogen-bond acceptors (Lipinski definition) is 6. The van der Waals surface area contributed by atoms with Crippen molar-refractivity contribution >= 4 is 14.6 Å². The normalized spacial score (nSPS) is 4.67. The molecular weight excluding hydrogens is 442 g/mol. The van der Waals surface area contributed by atoms with Gasteiger partial charge in [0.05, 0.1) is 0 Å². The molecule has 0 aliphatic rings. The first kappa shape index (κ1) is 171. The molecule has 0 saturated carbocycles. The van der Waals surface area contributed by atoms with Gasteiger partial charge in [0.2, 0.25) is 0 Å². The topological polar surface area (TPSA) is 504 Å². The Morgan fingerprint density at radius 2 is 0.375 bits per heavy atom. The van der Waals surface area contributed by atoms with Crippen LogP contribution in [0, 0.1) is 0 Å². The molecule has 24 heavy (non-hydrogen) atoms. The van der Waals surface area contributed by atoms with Gasteiger partial charge in [-0.05, 0) is 14.6 Å². The molecule has 24 heteroatoms. The van der Waals surface area contributed by atoms with Gasteiger partial charge in [0.1, 0.15) is 0 Å². The molecule has 0 aliphatic carbocycles. The van der Waals surface area contributed by atoms with Crippen molar-refractivity contribution in [1.29, 1.82) is 0 Å². The summed E-state index contributed by atoms with van der Waals surface area (Å²) in [5, 5.41) is 0. The Kier molecular flexibility index (Phi) is 509. The molecule has 0 bridgehead atoms. The van der Waals surface area contributed by atoms with Crippen LogP contribution in [0.5, 0.6) is 0 Å². The van der Waals surface area contributed by atoms with Gasteiger partial charge in [-0.3, -0.25) is 0 Å². The van der Waals surface area contributed by atoms with E-state index in [0.29, 0.717) is 0 Å². The van der Waals surface area contributed by atoms with Crippen LogP contribution >= 0.6 is 14.6 Å². The molecule has 0 unspecified atom stereocenters. The second-order valence-corrected chi connectivity index (χ2v) is 5.75. The molecule has 24 N–H and O–H groups in total. The Hall–Kier alpha value is 3.82. The Morgan fingerprint density at radius 3 is 0.375 bits per heavy atom. The zero-order valence-electron chi connectivity index (χ0n) is 13.3. The fraction of sp³-hybridized carbons (Fsp3) is 0. The predicted octanol–water partition coefficient (Wildman–Crippen LogP) is -25.2. The van der Waals surface area contributed by atoms with Gasteiger partial charge in [-0.15, -0.1) is 0 Å². The van der Waals surface area contributed by atoms with E-state index in [2.05, 4.69) is 0 Å².